The van der Waals surface area contributed by atoms with E-state index in [1.54, 1.807) is 37.3 Å². The van der Waals surface area contributed by atoms with E-state index >= 15 is 0 Å². The van der Waals surface area contributed by atoms with E-state index in [4.69, 9.17) is 16.4 Å². The summed E-state index contributed by atoms with van der Waals surface area (Å²) in [7, 11) is 1.49. The molecule has 28 heavy (non-hydrogen) atoms. The van der Waals surface area contributed by atoms with Gasteiger partial charge in [-0.25, -0.2) is 4.79 Å². The van der Waals surface area contributed by atoms with Crippen molar-refractivity contribution >= 4 is 23.0 Å². The minimum Gasteiger partial charge on any atom is -0.391 e. The van der Waals surface area contributed by atoms with Crippen LogP contribution in [0.5, 0.6) is 0 Å². The van der Waals surface area contributed by atoms with Crippen LogP contribution in [0.3, 0.4) is 0 Å². The Morgan fingerprint density at radius 3 is 2.71 bits per heavy atom. The molecule has 0 atom stereocenters. The Labute approximate surface area is 163 Å². The molecule has 2 aromatic carbocycles. The van der Waals surface area contributed by atoms with Crippen molar-refractivity contribution in [3.63, 3.8) is 0 Å². The highest BCUT2D eigenvalue weighted by molar-refractivity contribution is 6.31. The van der Waals surface area contributed by atoms with Crippen LogP contribution in [0.2, 0.25) is 5.02 Å². The number of oxime groups is 1. The molecule has 0 aliphatic carbocycles. The third-order valence-electron chi connectivity index (χ3n) is 3.93. The zero-order valence-electron chi connectivity index (χ0n) is 14.9. The fraction of sp³-hybridized carbons (Fsp3) is 0.176. The highest BCUT2D eigenvalue weighted by Gasteiger charge is 2.14. The number of aromatic nitrogens is 4. The average molecular weight is 403 g/mol. The molecule has 1 aromatic heterocycles. The van der Waals surface area contributed by atoms with Crippen molar-refractivity contribution in [2.24, 2.45) is 12.2 Å². The van der Waals surface area contributed by atoms with Crippen LogP contribution in [-0.4, -0.2) is 30.4 Å². The summed E-state index contributed by atoms with van der Waals surface area (Å²) in [5.41, 5.74) is 1.46. The lowest BCUT2D eigenvalue weighted by molar-refractivity contribution is -0.384. The van der Waals surface area contributed by atoms with Gasteiger partial charge in [0.15, 0.2) is 0 Å². The Morgan fingerprint density at radius 1 is 1.29 bits per heavy atom. The Kier molecular flexibility index (Phi) is 5.50. The van der Waals surface area contributed by atoms with Gasteiger partial charge >= 0.3 is 5.69 Å². The van der Waals surface area contributed by atoms with Crippen LogP contribution >= 0.6 is 11.6 Å². The van der Waals surface area contributed by atoms with Gasteiger partial charge in [0.1, 0.15) is 6.61 Å². The Balaban J connectivity index is 1.84. The highest BCUT2D eigenvalue weighted by atomic mass is 35.5. The molecule has 0 bridgehead atoms. The number of hydrogen-bond acceptors (Lipinski definition) is 7. The molecule has 11 heteroatoms. The van der Waals surface area contributed by atoms with Crippen molar-refractivity contribution in [1.82, 2.24) is 19.8 Å². The summed E-state index contributed by atoms with van der Waals surface area (Å²) in [4.78, 5) is 27.9. The Morgan fingerprint density at radius 2 is 2.04 bits per heavy atom. The molecule has 3 rings (SSSR count). The molecule has 0 N–H and O–H groups in total. The number of hydrogen-bond donors (Lipinski definition) is 0. The molecular weight excluding hydrogens is 388 g/mol. The van der Waals surface area contributed by atoms with Gasteiger partial charge in [0.05, 0.1) is 16.3 Å². The summed E-state index contributed by atoms with van der Waals surface area (Å²) >= 11 is 6.25. The molecular formula is C17H15ClN6O4. The number of rotatable bonds is 6. The number of non-ortho nitro benzene ring substituents is 1. The molecule has 0 spiro atoms. The van der Waals surface area contributed by atoms with Crippen molar-refractivity contribution in [3.05, 3.63) is 79.2 Å². The lowest BCUT2D eigenvalue weighted by atomic mass is 10.1. The van der Waals surface area contributed by atoms with Crippen LogP contribution in [0.4, 0.5) is 5.69 Å². The van der Waals surface area contributed by atoms with Crippen molar-refractivity contribution in [1.29, 1.82) is 0 Å². The Bertz CT molecular complexity index is 1120. The number of halogens is 1. The van der Waals surface area contributed by atoms with Gasteiger partial charge in [-0.15, -0.1) is 0 Å². The highest BCUT2D eigenvalue weighted by Crippen LogP contribution is 2.23. The van der Waals surface area contributed by atoms with Gasteiger partial charge in [0.25, 0.3) is 5.69 Å². The molecule has 0 aliphatic rings. The minimum absolute atomic E-state index is 0.0374. The number of nitro groups is 1. The predicted octanol–water partition coefficient (Wildman–Crippen LogP) is 2.47. The van der Waals surface area contributed by atoms with Crippen LogP contribution in [0, 0.1) is 10.1 Å². The number of benzene rings is 2. The summed E-state index contributed by atoms with van der Waals surface area (Å²) in [5, 5.41) is 22.8. The summed E-state index contributed by atoms with van der Waals surface area (Å²) in [6.45, 7) is 1.63. The SMILES string of the molecule is CC(=NOCc1c(Cl)cccc1-n1nnn(C)c1=O)c1cccc([N+](=O)[O-])c1. The van der Waals surface area contributed by atoms with Gasteiger partial charge in [0.2, 0.25) is 0 Å². The average Bonchev–Trinajstić information content (AvgIpc) is 3.01. The van der Waals surface area contributed by atoms with E-state index in [2.05, 4.69) is 15.6 Å². The number of aryl methyl sites for hydroxylation is 1. The van der Waals surface area contributed by atoms with Gasteiger partial charge in [-0.3, -0.25) is 10.1 Å². The molecule has 3 aromatic rings. The van der Waals surface area contributed by atoms with E-state index in [9.17, 15) is 14.9 Å². The molecule has 0 aliphatic heterocycles. The maximum Gasteiger partial charge on any atom is 0.368 e. The fourth-order valence-corrected chi connectivity index (χ4v) is 2.67. The van der Waals surface area contributed by atoms with E-state index in [-0.39, 0.29) is 12.3 Å². The lowest BCUT2D eigenvalue weighted by Gasteiger charge is -2.09. The van der Waals surface area contributed by atoms with E-state index in [1.165, 1.54) is 19.2 Å². The van der Waals surface area contributed by atoms with E-state index in [0.29, 0.717) is 27.5 Å². The summed E-state index contributed by atoms with van der Waals surface area (Å²) in [5.74, 6) is 0. The molecule has 144 valence electrons. The van der Waals surface area contributed by atoms with Gasteiger partial charge in [-0.05, 0) is 29.5 Å². The maximum absolute atomic E-state index is 12.1. The van der Waals surface area contributed by atoms with Crippen molar-refractivity contribution in [2.45, 2.75) is 13.5 Å². The van der Waals surface area contributed by atoms with Gasteiger partial charge in [-0.1, -0.05) is 35.0 Å². The molecule has 0 radical (unpaired) electrons. The minimum atomic E-state index is -0.480. The zero-order valence-corrected chi connectivity index (χ0v) is 15.7. The smallest absolute Gasteiger partial charge is 0.368 e. The summed E-state index contributed by atoms with van der Waals surface area (Å²) in [6, 6.07) is 11.1. The van der Waals surface area contributed by atoms with Gasteiger partial charge in [-0.2, -0.15) is 9.36 Å². The Hall–Kier alpha value is -3.53. The molecule has 0 saturated heterocycles. The zero-order chi connectivity index (χ0) is 20.3. The number of tetrazole rings is 1. The lowest BCUT2D eigenvalue weighted by Crippen LogP contribution is -2.23. The van der Waals surface area contributed by atoms with Crippen molar-refractivity contribution in [3.8, 4) is 5.69 Å². The first-order valence-electron chi connectivity index (χ1n) is 8.06. The maximum atomic E-state index is 12.1. The topological polar surface area (TPSA) is 117 Å². The molecule has 1 heterocycles. The van der Waals surface area contributed by atoms with Crippen LogP contribution in [0.1, 0.15) is 18.1 Å². The summed E-state index contributed by atoms with van der Waals surface area (Å²) in [6.07, 6.45) is 0. The van der Waals surface area contributed by atoms with E-state index in [1.807, 2.05) is 0 Å². The second kappa shape index (κ2) is 8.01. The van der Waals surface area contributed by atoms with E-state index in [0.717, 1.165) is 9.36 Å². The largest absolute Gasteiger partial charge is 0.391 e. The molecule has 0 amide bonds. The molecule has 0 unspecified atom stereocenters. The number of nitro benzene ring substituents is 1. The predicted molar refractivity (Wildman–Crippen MR) is 102 cm³/mol. The quantitative estimate of drug-likeness (QED) is 0.355. The fourth-order valence-electron chi connectivity index (χ4n) is 2.44. The second-order valence-corrected chi connectivity index (χ2v) is 6.20. The van der Waals surface area contributed by atoms with Gasteiger partial charge < -0.3 is 4.84 Å². The van der Waals surface area contributed by atoms with Crippen LogP contribution in [-0.2, 0) is 18.5 Å². The van der Waals surface area contributed by atoms with E-state index < -0.39 is 10.6 Å². The van der Waals surface area contributed by atoms with Crippen LogP contribution in [0.25, 0.3) is 5.69 Å². The normalized spacial score (nSPS) is 11.5. The summed E-state index contributed by atoms with van der Waals surface area (Å²) < 4.78 is 2.21. The van der Waals surface area contributed by atoms with Crippen LogP contribution in [0.15, 0.2) is 52.4 Å². The standard InChI is InChI=1S/C17H15ClN6O4/c1-11(12-5-3-6-13(9-12)24(26)27)19-28-10-14-15(18)7-4-8-16(14)23-17(25)22(2)20-21-23/h3-9H,10H2,1-2H3. The third kappa shape index (κ3) is 3.91. The van der Waals surface area contributed by atoms with Crippen molar-refractivity contribution in [2.75, 3.05) is 0 Å². The first-order valence-corrected chi connectivity index (χ1v) is 8.44. The van der Waals surface area contributed by atoms with Crippen molar-refractivity contribution < 1.29 is 9.76 Å². The first kappa shape index (κ1) is 19.2. The first-order chi connectivity index (χ1) is 13.4. The third-order valence-corrected chi connectivity index (χ3v) is 4.28. The van der Waals surface area contributed by atoms with Gasteiger partial charge in [0, 0.05) is 35.3 Å². The molecule has 0 fully saturated rings. The molecule has 10 nitrogen and oxygen atoms in total. The molecule has 0 saturated carbocycles. The van der Waals surface area contributed by atoms with Crippen LogP contribution < -0.4 is 5.69 Å². The second-order valence-electron chi connectivity index (χ2n) is 5.79. The number of nitrogens with zero attached hydrogens (tertiary/aromatic N) is 6. The monoisotopic (exact) mass is 402 g/mol.